The number of benzene rings is 1. The summed E-state index contributed by atoms with van der Waals surface area (Å²) in [6.45, 7) is 5.61. The summed E-state index contributed by atoms with van der Waals surface area (Å²) in [6, 6.07) is 9.87. The molecule has 5 rings (SSSR count). The van der Waals surface area contributed by atoms with Crippen LogP contribution in [0, 0.1) is 0 Å². The van der Waals surface area contributed by atoms with E-state index in [1.807, 2.05) is 24.3 Å². The minimum atomic E-state index is 0.617. The number of anilines is 1. The van der Waals surface area contributed by atoms with E-state index >= 15 is 0 Å². The summed E-state index contributed by atoms with van der Waals surface area (Å²) < 4.78 is 17.4. The van der Waals surface area contributed by atoms with Crippen LogP contribution in [0.15, 0.2) is 41.1 Å². The van der Waals surface area contributed by atoms with Crippen molar-refractivity contribution in [2.45, 2.75) is 19.5 Å². The summed E-state index contributed by atoms with van der Waals surface area (Å²) in [4.78, 5) is 14.4. The number of rotatable bonds is 6. The summed E-state index contributed by atoms with van der Waals surface area (Å²) >= 11 is 1.73. The lowest BCUT2D eigenvalue weighted by atomic mass is 10.1. The summed E-state index contributed by atoms with van der Waals surface area (Å²) in [5, 5.41) is 4.33. The topological polar surface area (TPSA) is 60.0 Å². The first-order valence-corrected chi connectivity index (χ1v) is 11.5. The average Bonchev–Trinajstić information content (AvgIpc) is 3.33. The molecule has 2 aliphatic heterocycles. The van der Waals surface area contributed by atoms with Crippen molar-refractivity contribution in [1.82, 2.24) is 14.9 Å². The minimum absolute atomic E-state index is 0.617. The second kappa shape index (κ2) is 9.21. The Morgan fingerprint density at radius 3 is 2.68 bits per heavy atom. The quantitative estimate of drug-likeness (QED) is 0.581. The van der Waals surface area contributed by atoms with Crippen LogP contribution in [0.25, 0.3) is 0 Å². The zero-order valence-corrected chi connectivity index (χ0v) is 18.4. The molecule has 2 aliphatic rings. The van der Waals surface area contributed by atoms with Crippen LogP contribution < -0.4 is 14.4 Å². The van der Waals surface area contributed by atoms with Gasteiger partial charge in [0, 0.05) is 39.1 Å². The Labute approximate surface area is 186 Å². The second-order valence-corrected chi connectivity index (χ2v) is 8.48. The number of thiophene rings is 1. The fourth-order valence-corrected chi connectivity index (χ4v) is 4.66. The fourth-order valence-electron chi connectivity index (χ4n) is 4.00. The van der Waals surface area contributed by atoms with E-state index in [0.29, 0.717) is 30.6 Å². The van der Waals surface area contributed by atoms with Crippen molar-refractivity contribution in [2.75, 3.05) is 44.9 Å². The van der Waals surface area contributed by atoms with E-state index in [-0.39, 0.29) is 0 Å². The molecule has 1 aromatic carbocycles. The Morgan fingerprint density at radius 1 is 1.06 bits per heavy atom. The molecule has 0 radical (unpaired) electrons. The molecule has 0 saturated carbocycles. The molecular weight excluding hydrogens is 412 g/mol. The molecule has 0 unspecified atom stereocenters. The lowest BCUT2D eigenvalue weighted by Crippen LogP contribution is -2.38. The molecule has 0 atom stereocenters. The Hall–Kier alpha value is -2.68. The van der Waals surface area contributed by atoms with Gasteiger partial charge in [0.25, 0.3) is 0 Å². The Morgan fingerprint density at radius 2 is 1.90 bits per heavy atom. The monoisotopic (exact) mass is 438 g/mol. The van der Waals surface area contributed by atoms with E-state index in [9.17, 15) is 0 Å². The SMILES string of the molecule is COc1ccccc1Oc1nc(N2CCOCC2)nc2c1CN(Cc1ccsc1)CC2. The maximum Gasteiger partial charge on any atom is 0.229 e. The summed E-state index contributed by atoms with van der Waals surface area (Å²) in [7, 11) is 1.65. The summed E-state index contributed by atoms with van der Waals surface area (Å²) in [5.74, 6) is 2.69. The number of para-hydroxylation sites is 2. The lowest BCUT2D eigenvalue weighted by molar-refractivity contribution is 0.122. The zero-order chi connectivity index (χ0) is 21.0. The second-order valence-electron chi connectivity index (χ2n) is 7.70. The van der Waals surface area contributed by atoms with Crippen molar-refractivity contribution in [3.8, 4) is 17.4 Å². The summed E-state index contributed by atoms with van der Waals surface area (Å²) in [6.07, 6.45) is 0.877. The van der Waals surface area contributed by atoms with Gasteiger partial charge >= 0.3 is 0 Å². The van der Waals surface area contributed by atoms with Gasteiger partial charge in [0.05, 0.1) is 31.6 Å². The van der Waals surface area contributed by atoms with Gasteiger partial charge in [-0.05, 0) is 34.5 Å². The molecule has 0 aliphatic carbocycles. The van der Waals surface area contributed by atoms with E-state index < -0.39 is 0 Å². The third-order valence-electron chi connectivity index (χ3n) is 5.65. The molecule has 4 heterocycles. The van der Waals surface area contributed by atoms with E-state index in [0.717, 1.165) is 56.4 Å². The lowest BCUT2D eigenvalue weighted by Gasteiger charge is -2.31. The summed E-state index contributed by atoms with van der Waals surface area (Å²) in [5.41, 5.74) is 3.47. The molecule has 7 nitrogen and oxygen atoms in total. The standard InChI is InChI=1S/C23H26N4O3S/c1-28-20-4-2-3-5-21(20)30-22-18-15-26(14-17-7-13-31-16-17)8-6-19(18)24-23(25-22)27-9-11-29-12-10-27/h2-5,7,13,16H,6,8-12,14-15H2,1H3. The number of nitrogens with zero attached hydrogens (tertiary/aromatic N) is 4. The van der Waals surface area contributed by atoms with Crippen LogP contribution in [-0.2, 0) is 24.2 Å². The van der Waals surface area contributed by atoms with Crippen LogP contribution >= 0.6 is 11.3 Å². The third kappa shape index (κ3) is 4.51. The minimum Gasteiger partial charge on any atom is -0.493 e. The molecule has 0 bridgehead atoms. The molecular formula is C23H26N4O3S. The largest absolute Gasteiger partial charge is 0.493 e. The van der Waals surface area contributed by atoms with E-state index in [1.54, 1.807) is 18.4 Å². The first-order valence-electron chi connectivity index (χ1n) is 10.6. The highest BCUT2D eigenvalue weighted by atomic mass is 32.1. The molecule has 8 heteroatoms. The maximum atomic E-state index is 6.36. The van der Waals surface area contributed by atoms with Crippen molar-refractivity contribution in [3.63, 3.8) is 0 Å². The molecule has 31 heavy (non-hydrogen) atoms. The average molecular weight is 439 g/mol. The number of morpholine rings is 1. The van der Waals surface area contributed by atoms with Crippen LogP contribution in [0.5, 0.6) is 17.4 Å². The molecule has 1 fully saturated rings. The van der Waals surface area contributed by atoms with E-state index in [2.05, 4.69) is 26.6 Å². The van der Waals surface area contributed by atoms with Crippen molar-refractivity contribution in [3.05, 3.63) is 57.9 Å². The molecule has 2 aromatic heterocycles. The first kappa shape index (κ1) is 20.2. The van der Waals surface area contributed by atoms with Crippen LogP contribution in [0.2, 0.25) is 0 Å². The van der Waals surface area contributed by atoms with Gasteiger partial charge in [0.15, 0.2) is 11.5 Å². The molecule has 162 valence electrons. The highest BCUT2D eigenvalue weighted by molar-refractivity contribution is 7.07. The molecule has 3 aromatic rings. The van der Waals surface area contributed by atoms with Gasteiger partial charge in [-0.15, -0.1) is 0 Å². The molecule has 0 amide bonds. The Balaban J connectivity index is 1.48. The highest BCUT2D eigenvalue weighted by Crippen LogP contribution is 2.35. The van der Waals surface area contributed by atoms with Gasteiger partial charge in [-0.2, -0.15) is 16.3 Å². The number of hydrogen-bond acceptors (Lipinski definition) is 8. The third-order valence-corrected chi connectivity index (χ3v) is 6.38. The molecule has 0 N–H and O–H groups in total. The predicted molar refractivity (Wildman–Crippen MR) is 120 cm³/mol. The number of hydrogen-bond donors (Lipinski definition) is 0. The Kier molecular flexibility index (Phi) is 6.01. The smallest absolute Gasteiger partial charge is 0.229 e. The van der Waals surface area contributed by atoms with Crippen molar-refractivity contribution in [1.29, 1.82) is 0 Å². The predicted octanol–water partition coefficient (Wildman–Crippen LogP) is 3.73. The van der Waals surface area contributed by atoms with Crippen LogP contribution in [0.3, 0.4) is 0 Å². The maximum absolute atomic E-state index is 6.36. The van der Waals surface area contributed by atoms with Gasteiger partial charge in [-0.25, -0.2) is 4.98 Å². The molecule has 0 spiro atoms. The van der Waals surface area contributed by atoms with E-state index in [4.69, 9.17) is 24.2 Å². The van der Waals surface area contributed by atoms with Gasteiger partial charge in [-0.1, -0.05) is 12.1 Å². The number of fused-ring (bicyclic) bond motifs is 1. The van der Waals surface area contributed by atoms with Gasteiger partial charge in [0.1, 0.15) is 0 Å². The molecule has 1 saturated heterocycles. The van der Waals surface area contributed by atoms with Crippen LogP contribution in [0.4, 0.5) is 5.95 Å². The number of aromatic nitrogens is 2. The van der Waals surface area contributed by atoms with Crippen molar-refractivity contribution in [2.24, 2.45) is 0 Å². The van der Waals surface area contributed by atoms with E-state index in [1.165, 1.54) is 5.56 Å². The van der Waals surface area contributed by atoms with Crippen LogP contribution in [0.1, 0.15) is 16.8 Å². The fraction of sp³-hybridized carbons (Fsp3) is 0.391. The van der Waals surface area contributed by atoms with Gasteiger partial charge in [-0.3, -0.25) is 4.90 Å². The normalized spacial score (nSPS) is 16.7. The number of ether oxygens (including phenoxy) is 3. The Bertz CT molecular complexity index is 1020. The first-order chi connectivity index (χ1) is 15.3. The van der Waals surface area contributed by atoms with Crippen molar-refractivity contribution >= 4 is 17.3 Å². The van der Waals surface area contributed by atoms with Gasteiger partial charge < -0.3 is 19.1 Å². The zero-order valence-electron chi connectivity index (χ0n) is 17.6. The number of methoxy groups -OCH3 is 1. The van der Waals surface area contributed by atoms with Crippen molar-refractivity contribution < 1.29 is 14.2 Å². The van der Waals surface area contributed by atoms with Crippen LogP contribution in [-0.4, -0.2) is 54.8 Å². The van der Waals surface area contributed by atoms with Gasteiger partial charge in [0.2, 0.25) is 11.8 Å². The highest BCUT2D eigenvalue weighted by Gasteiger charge is 2.26.